The van der Waals surface area contributed by atoms with E-state index in [2.05, 4.69) is 21.2 Å². The molecule has 0 heterocycles. The van der Waals surface area contributed by atoms with Crippen molar-refractivity contribution in [2.45, 2.75) is 25.8 Å². The summed E-state index contributed by atoms with van der Waals surface area (Å²) in [5, 5.41) is 3.22. The minimum atomic E-state index is -0.546. The van der Waals surface area contributed by atoms with Gasteiger partial charge in [-0.25, -0.2) is 9.18 Å². The molecule has 0 aromatic heterocycles. The summed E-state index contributed by atoms with van der Waals surface area (Å²) < 4.78 is 18.8. The van der Waals surface area contributed by atoms with Crippen LogP contribution in [-0.4, -0.2) is 19.1 Å². The molecule has 0 saturated heterocycles. The van der Waals surface area contributed by atoms with Gasteiger partial charge in [0.2, 0.25) is 0 Å². The molecule has 0 aliphatic heterocycles. The first-order valence-electron chi connectivity index (χ1n) is 6.46. The molecule has 0 spiro atoms. The van der Waals surface area contributed by atoms with Gasteiger partial charge in [0.15, 0.2) is 0 Å². The van der Waals surface area contributed by atoms with Gasteiger partial charge in [-0.2, -0.15) is 0 Å². The molecule has 0 bridgehead atoms. The van der Waals surface area contributed by atoms with E-state index in [1.807, 2.05) is 0 Å². The summed E-state index contributed by atoms with van der Waals surface area (Å²) in [6.45, 7) is 2.89. The van der Waals surface area contributed by atoms with Gasteiger partial charge in [-0.05, 0) is 49.9 Å². The lowest BCUT2D eigenvalue weighted by molar-refractivity contribution is -0.145. The van der Waals surface area contributed by atoms with Crippen molar-refractivity contribution in [3.05, 3.63) is 34.1 Å². The topological polar surface area (TPSA) is 38.3 Å². The number of carbonyl (C=O) groups excluding carboxylic acids is 1. The number of carbonyl (C=O) groups is 1. The normalized spacial score (nSPS) is 16.2. The van der Waals surface area contributed by atoms with E-state index < -0.39 is 6.04 Å². The smallest absolute Gasteiger partial charge is 0.327 e. The quantitative estimate of drug-likeness (QED) is 0.814. The predicted molar refractivity (Wildman–Crippen MR) is 74.2 cm³/mol. The standard InChI is InChI=1S/C14H17BrFNO2/c1-2-19-14(18)13(17-8-9-3-4-9)11-6-5-10(16)7-12(11)15/h5-7,9,13,17H,2-4,8H2,1H3. The Morgan fingerprint density at radius 3 is 2.89 bits per heavy atom. The maximum atomic E-state index is 13.1. The monoisotopic (exact) mass is 329 g/mol. The molecule has 1 aromatic carbocycles. The van der Waals surface area contributed by atoms with Crippen LogP contribution in [0.3, 0.4) is 0 Å². The Bertz CT molecular complexity index is 463. The second kappa shape index (κ2) is 6.48. The third-order valence-corrected chi connectivity index (χ3v) is 3.79. The summed E-state index contributed by atoms with van der Waals surface area (Å²) in [5.41, 5.74) is 0.709. The minimum absolute atomic E-state index is 0.324. The van der Waals surface area contributed by atoms with E-state index in [9.17, 15) is 9.18 Å². The first-order chi connectivity index (χ1) is 9.11. The number of hydrogen-bond acceptors (Lipinski definition) is 3. The van der Waals surface area contributed by atoms with Gasteiger partial charge in [0.25, 0.3) is 0 Å². The summed E-state index contributed by atoms with van der Waals surface area (Å²) >= 11 is 3.30. The van der Waals surface area contributed by atoms with Crippen LogP contribution in [-0.2, 0) is 9.53 Å². The van der Waals surface area contributed by atoms with Crippen LogP contribution in [0.2, 0.25) is 0 Å². The minimum Gasteiger partial charge on any atom is -0.465 e. The number of nitrogens with one attached hydrogen (secondary N) is 1. The third-order valence-electron chi connectivity index (χ3n) is 3.10. The number of benzene rings is 1. The second-order valence-corrected chi connectivity index (χ2v) is 5.56. The van der Waals surface area contributed by atoms with Crippen molar-refractivity contribution in [1.29, 1.82) is 0 Å². The predicted octanol–water partition coefficient (Wildman–Crippen LogP) is 3.19. The first-order valence-corrected chi connectivity index (χ1v) is 7.26. The van der Waals surface area contributed by atoms with E-state index in [1.54, 1.807) is 13.0 Å². The van der Waals surface area contributed by atoms with Crippen molar-refractivity contribution < 1.29 is 13.9 Å². The molecular weight excluding hydrogens is 313 g/mol. The highest BCUT2D eigenvalue weighted by Gasteiger charge is 2.28. The van der Waals surface area contributed by atoms with Gasteiger partial charge in [-0.3, -0.25) is 0 Å². The van der Waals surface area contributed by atoms with E-state index in [0.29, 0.717) is 22.6 Å². The highest BCUT2D eigenvalue weighted by atomic mass is 79.9. The Morgan fingerprint density at radius 2 is 2.32 bits per heavy atom. The van der Waals surface area contributed by atoms with Crippen molar-refractivity contribution in [1.82, 2.24) is 5.32 Å². The zero-order valence-corrected chi connectivity index (χ0v) is 12.4. The molecule has 1 N–H and O–H groups in total. The van der Waals surface area contributed by atoms with Gasteiger partial charge in [0, 0.05) is 4.47 Å². The highest BCUT2D eigenvalue weighted by molar-refractivity contribution is 9.10. The van der Waals surface area contributed by atoms with Gasteiger partial charge in [0.1, 0.15) is 11.9 Å². The van der Waals surface area contributed by atoms with E-state index in [1.165, 1.54) is 25.0 Å². The van der Waals surface area contributed by atoms with Crippen LogP contribution in [0, 0.1) is 11.7 Å². The van der Waals surface area contributed by atoms with Crippen LogP contribution in [0.5, 0.6) is 0 Å². The van der Waals surface area contributed by atoms with E-state index in [-0.39, 0.29) is 11.8 Å². The molecule has 1 aromatic rings. The Morgan fingerprint density at radius 1 is 1.58 bits per heavy atom. The fraction of sp³-hybridized carbons (Fsp3) is 0.500. The molecular formula is C14H17BrFNO2. The summed E-state index contributed by atoms with van der Waals surface area (Å²) in [4.78, 5) is 12.0. The summed E-state index contributed by atoms with van der Waals surface area (Å²) in [6, 6.07) is 3.78. The molecule has 1 aliphatic carbocycles. The Hall–Kier alpha value is -0.940. The van der Waals surface area contributed by atoms with Crippen LogP contribution in [0.25, 0.3) is 0 Å². The molecule has 0 radical (unpaired) electrons. The van der Waals surface area contributed by atoms with Gasteiger partial charge in [-0.15, -0.1) is 0 Å². The van der Waals surface area contributed by atoms with Crippen molar-refractivity contribution in [2.24, 2.45) is 5.92 Å². The molecule has 104 valence electrons. The number of ether oxygens (including phenoxy) is 1. The van der Waals surface area contributed by atoms with Crippen LogP contribution in [0.15, 0.2) is 22.7 Å². The molecule has 2 rings (SSSR count). The van der Waals surface area contributed by atoms with Crippen molar-refractivity contribution >= 4 is 21.9 Å². The third kappa shape index (κ3) is 4.01. The second-order valence-electron chi connectivity index (χ2n) is 4.70. The van der Waals surface area contributed by atoms with Crippen LogP contribution in [0.4, 0.5) is 4.39 Å². The highest BCUT2D eigenvalue weighted by Crippen LogP contribution is 2.30. The van der Waals surface area contributed by atoms with E-state index in [4.69, 9.17) is 4.74 Å². The molecule has 1 atom stereocenters. The van der Waals surface area contributed by atoms with E-state index in [0.717, 1.165) is 6.54 Å². The maximum Gasteiger partial charge on any atom is 0.327 e. The number of halogens is 2. The fourth-order valence-electron chi connectivity index (χ4n) is 1.89. The van der Waals surface area contributed by atoms with Gasteiger partial charge in [0.05, 0.1) is 6.61 Å². The molecule has 1 aliphatic rings. The average molecular weight is 330 g/mol. The van der Waals surface area contributed by atoms with Crippen LogP contribution < -0.4 is 5.32 Å². The number of esters is 1. The lowest BCUT2D eigenvalue weighted by Crippen LogP contribution is -2.32. The van der Waals surface area contributed by atoms with Gasteiger partial charge >= 0.3 is 5.97 Å². The maximum absolute atomic E-state index is 13.1. The SMILES string of the molecule is CCOC(=O)C(NCC1CC1)c1ccc(F)cc1Br. The van der Waals surface area contributed by atoms with Crippen LogP contribution in [0.1, 0.15) is 31.4 Å². The van der Waals surface area contributed by atoms with E-state index >= 15 is 0 Å². The molecule has 19 heavy (non-hydrogen) atoms. The zero-order valence-electron chi connectivity index (χ0n) is 10.8. The van der Waals surface area contributed by atoms with Gasteiger partial charge in [-0.1, -0.05) is 22.0 Å². The average Bonchev–Trinajstić information content (AvgIpc) is 3.16. The Kier molecular flexibility index (Phi) is 4.93. The largest absolute Gasteiger partial charge is 0.465 e. The molecule has 1 fully saturated rings. The molecule has 0 amide bonds. The Labute approximate surface area is 120 Å². The van der Waals surface area contributed by atoms with Crippen molar-refractivity contribution in [3.8, 4) is 0 Å². The molecule has 5 heteroatoms. The molecule has 3 nitrogen and oxygen atoms in total. The zero-order chi connectivity index (χ0) is 13.8. The summed E-state index contributed by atoms with van der Waals surface area (Å²) in [6.07, 6.45) is 2.40. The van der Waals surface area contributed by atoms with Gasteiger partial charge < -0.3 is 10.1 Å². The fourth-order valence-corrected chi connectivity index (χ4v) is 2.47. The lowest BCUT2D eigenvalue weighted by Gasteiger charge is -2.19. The van der Waals surface area contributed by atoms with Crippen molar-refractivity contribution in [3.63, 3.8) is 0 Å². The summed E-state index contributed by atoms with van der Waals surface area (Å²) in [7, 11) is 0. The lowest BCUT2D eigenvalue weighted by atomic mass is 10.1. The Balaban J connectivity index is 2.15. The summed E-state index contributed by atoms with van der Waals surface area (Å²) in [5.74, 6) is -0.00737. The molecule has 1 unspecified atom stereocenters. The van der Waals surface area contributed by atoms with Crippen molar-refractivity contribution in [2.75, 3.05) is 13.2 Å². The number of rotatable bonds is 6. The first kappa shape index (κ1) is 14.5. The number of hydrogen-bond donors (Lipinski definition) is 1. The molecule has 1 saturated carbocycles. The van der Waals surface area contributed by atoms with Crippen LogP contribution >= 0.6 is 15.9 Å².